The minimum absolute atomic E-state index is 0.222. The molecule has 0 aliphatic heterocycles. The molecule has 0 aromatic heterocycles. The van der Waals surface area contributed by atoms with Gasteiger partial charge in [0.1, 0.15) is 0 Å². The van der Waals surface area contributed by atoms with Gasteiger partial charge in [-0.1, -0.05) is 0 Å². The minimum atomic E-state index is -0.801. The zero-order chi connectivity index (χ0) is 11.0. The molecular weight excluding hydrogens is 186 g/mol. The lowest BCUT2D eigenvalue weighted by molar-refractivity contribution is -0.143. The highest BCUT2D eigenvalue weighted by atomic mass is 16.5. The molecule has 0 saturated heterocycles. The molecule has 5 nitrogen and oxygen atoms in total. The summed E-state index contributed by atoms with van der Waals surface area (Å²) in [5.41, 5.74) is 0. The van der Waals surface area contributed by atoms with Gasteiger partial charge in [0.2, 0.25) is 0 Å². The quantitative estimate of drug-likeness (QED) is 0.485. The summed E-state index contributed by atoms with van der Waals surface area (Å²) in [7, 11) is 2.54. The average molecular weight is 199 g/mol. The number of rotatable bonds is 5. The first-order valence-corrected chi connectivity index (χ1v) is 4.17. The largest absolute Gasteiger partial charge is 0.469 e. The van der Waals surface area contributed by atoms with Crippen molar-refractivity contribution in [3.8, 4) is 0 Å². The van der Waals surface area contributed by atoms with Gasteiger partial charge in [-0.05, 0) is 6.42 Å². The summed E-state index contributed by atoms with van der Waals surface area (Å²) in [5.74, 6) is -0.886. The Balaban J connectivity index is 3.81. The maximum absolute atomic E-state index is 10.9. The lowest BCUT2D eigenvalue weighted by Gasteiger charge is -2.02. The van der Waals surface area contributed by atoms with E-state index >= 15 is 0 Å². The van der Waals surface area contributed by atoms with Crippen molar-refractivity contribution in [3.63, 3.8) is 0 Å². The normalized spacial score (nSPS) is 11.2. The lowest BCUT2D eigenvalue weighted by atomic mass is 10.1. The number of nitrogens with zero attached hydrogens (tertiary/aromatic N) is 1. The molecule has 0 aromatic rings. The van der Waals surface area contributed by atoms with Crippen LogP contribution in [-0.4, -0.2) is 32.2 Å². The molecule has 5 heteroatoms. The number of carbonyl (C=O) groups excluding carboxylic acids is 2. The fourth-order valence-electron chi connectivity index (χ4n) is 0.913. The topological polar surface area (TPSA) is 57.0 Å². The molecule has 0 amide bonds. The molecule has 0 fully saturated rings. The van der Waals surface area contributed by atoms with Crippen LogP contribution in [0.3, 0.4) is 0 Å². The molecule has 0 radical (unpaired) electrons. The fraction of sp³-hybridized carbons (Fsp3) is 0.667. The van der Waals surface area contributed by atoms with E-state index in [1.807, 2.05) is 0 Å². The Morgan fingerprint density at radius 1 is 1.36 bits per heavy atom. The molecular formula is C9H13NO4. The highest BCUT2D eigenvalue weighted by molar-refractivity contribution is 5.77. The van der Waals surface area contributed by atoms with E-state index in [0.29, 0.717) is 12.8 Å². The molecule has 0 N–H and O–H groups in total. The molecule has 14 heavy (non-hydrogen) atoms. The SMILES string of the molecule is [C-]#[N+][C@H](CCCC(=O)OC)C(=O)OC. The second-order valence-electron chi connectivity index (χ2n) is 2.64. The number of esters is 2. The Hall–Kier alpha value is -1.57. The molecule has 0 spiro atoms. The zero-order valence-corrected chi connectivity index (χ0v) is 8.28. The van der Waals surface area contributed by atoms with Gasteiger partial charge in [-0.25, -0.2) is 11.4 Å². The van der Waals surface area contributed by atoms with Gasteiger partial charge in [-0.3, -0.25) is 4.79 Å². The molecule has 1 atom stereocenters. The van der Waals surface area contributed by atoms with E-state index in [1.165, 1.54) is 14.2 Å². The van der Waals surface area contributed by atoms with Crippen LogP contribution in [0.4, 0.5) is 0 Å². The van der Waals surface area contributed by atoms with Gasteiger partial charge in [0.05, 0.1) is 14.2 Å². The Kier molecular flexibility index (Phi) is 6.12. The van der Waals surface area contributed by atoms with Crippen molar-refractivity contribution in [2.45, 2.75) is 25.3 Å². The van der Waals surface area contributed by atoms with Crippen molar-refractivity contribution in [2.75, 3.05) is 14.2 Å². The summed E-state index contributed by atoms with van der Waals surface area (Å²) >= 11 is 0. The summed E-state index contributed by atoms with van der Waals surface area (Å²) in [6, 6.07) is -0.801. The summed E-state index contributed by atoms with van der Waals surface area (Å²) in [6.07, 6.45) is 1.000. The highest BCUT2D eigenvalue weighted by Crippen LogP contribution is 2.07. The molecule has 0 saturated carbocycles. The van der Waals surface area contributed by atoms with Gasteiger partial charge < -0.3 is 14.3 Å². The van der Waals surface area contributed by atoms with Gasteiger partial charge >= 0.3 is 18.0 Å². The summed E-state index contributed by atoms with van der Waals surface area (Å²) in [4.78, 5) is 24.7. The van der Waals surface area contributed by atoms with Gasteiger partial charge in [0.15, 0.2) is 0 Å². The predicted octanol–water partition coefficient (Wildman–Crippen LogP) is 0.791. The van der Waals surface area contributed by atoms with Crippen LogP contribution >= 0.6 is 0 Å². The third-order valence-electron chi connectivity index (χ3n) is 1.72. The fourth-order valence-corrected chi connectivity index (χ4v) is 0.913. The number of ether oxygens (including phenoxy) is 2. The van der Waals surface area contributed by atoms with Crippen LogP contribution in [-0.2, 0) is 19.1 Å². The lowest BCUT2D eigenvalue weighted by Crippen LogP contribution is -2.18. The van der Waals surface area contributed by atoms with E-state index in [1.54, 1.807) is 0 Å². The number of carbonyl (C=O) groups is 2. The third kappa shape index (κ3) is 4.45. The highest BCUT2D eigenvalue weighted by Gasteiger charge is 2.23. The molecule has 0 heterocycles. The second kappa shape index (κ2) is 6.89. The van der Waals surface area contributed by atoms with E-state index in [9.17, 15) is 9.59 Å². The maximum atomic E-state index is 10.9. The van der Waals surface area contributed by atoms with Crippen molar-refractivity contribution in [3.05, 3.63) is 11.4 Å². The summed E-state index contributed by atoms with van der Waals surface area (Å²) in [5, 5.41) is 0. The number of methoxy groups -OCH3 is 2. The monoisotopic (exact) mass is 199 g/mol. The minimum Gasteiger partial charge on any atom is -0.469 e. The van der Waals surface area contributed by atoms with Gasteiger partial charge in [-0.15, -0.1) is 0 Å². The number of hydrogen-bond acceptors (Lipinski definition) is 4. The molecule has 0 aliphatic carbocycles. The predicted molar refractivity (Wildman–Crippen MR) is 48.3 cm³/mol. The Bertz CT molecular complexity index is 244. The first-order chi connectivity index (χ1) is 6.65. The molecule has 0 bridgehead atoms. The van der Waals surface area contributed by atoms with Crippen molar-refractivity contribution in [2.24, 2.45) is 0 Å². The Morgan fingerprint density at radius 2 is 2.00 bits per heavy atom. The van der Waals surface area contributed by atoms with Crippen LogP contribution in [0, 0.1) is 6.57 Å². The van der Waals surface area contributed by atoms with E-state index in [0.717, 1.165) is 0 Å². The molecule has 78 valence electrons. The van der Waals surface area contributed by atoms with Crippen LogP contribution < -0.4 is 0 Å². The first-order valence-electron chi connectivity index (χ1n) is 4.17. The van der Waals surface area contributed by atoms with Crippen molar-refractivity contribution >= 4 is 11.9 Å². The Labute approximate surface area is 82.8 Å². The maximum Gasteiger partial charge on any atom is 0.389 e. The standard InChI is InChI=1S/C9H13NO4/c1-10-7(9(12)14-3)5-4-6-8(11)13-2/h7H,4-6H2,2-3H3/t7-/m1/s1. The second-order valence-corrected chi connectivity index (χ2v) is 2.64. The van der Waals surface area contributed by atoms with Crippen LogP contribution in [0.15, 0.2) is 0 Å². The van der Waals surface area contributed by atoms with Crippen molar-refractivity contribution < 1.29 is 19.1 Å². The van der Waals surface area contributed by atoms with E-state index in [2.05, 4.69) is 14.3 Å². The number of hydrogen-bond donors (Lipinski definition) is 0. The van der Waals surface area contributed by atoms with Gasteiger partial charge in [0.25, 0.3) is 0 Å². The average Bonchev–Trinajstić information content (AvgIpc) is 2.22. The van der Waals surface area contributed by atoms with Crippen molar-refractivity contribution in [1.29, 1.82) is 0 Å². The van der Waals surface area contributed by atoms with Crippen LogP contribution in [0.5, 0.6) is 0 Å². The Morgan fingerprint density at radius 3 is 2.43 bits per heavy atom. The summed E-state index contributed by atoms with van der Waals surface area (Å²) in [6.45, 7) is 6.73. The van der Waals surface area contributed by atoms with E-state index in [4.69, 9.17) is 6.57 Å². The molecule has 0 unspecified atom stereocenters. The van der Waals surface area contributed by atoms with Crippen molar-refractivity contribution in [1.82, 2.24) is 0 Å². The first kappa shape index (κ1) is 12.4. The molecule has 0 rings (SSSR count). The van der Waals surface area contributed by atoms with Crippen LogP contribution in [0.1, 0.15) is 19.3 Å². The summed E-state index contributed by atoms with van der Waals surface area (Å²) < 4.78 is 8.84. The van der Waals surface area contributed by atoms with E-state index < -0.39 is 12.0 Å². The zero-order valence-electron chi connectivity index (χ0n) is 8.28. The molecule has 0 aromatic carbocycles. The third-order valence-corrected chi connectivity index (χ3v) is 1.72. The van der Waals surface area contributed by atoms with Crippen LogP contribution in [0.2, 0.25) is 0 Å². The van der Waals surface area contributed by atoms with Gasteiger partial charge in [0, 0.05) is 12.8 Å². The molecule has 0 aliphatic rings. The van der Waals surface area contributed by atoms with Crippen LogP contribution in [0.25, 0.3) is 4.85 Å². The van der Waals surface area contributed by atoms with Gasteiger partial charge in [-0.2, -0.15) is 0 Å². The smallest absolute Gasteiger partial charge is 0.389 e. The van der Waals surface area contributed by atoms with E-state index in [-0.39, 0.29) is 12.4 Å².